The van der Waals surface area contributed by atoms with E-state index in [1.807, 2.05) is 6.92 Å². The number of aromatic nitrogens is 3. The van der Waals surface area contributed by atoms with Gasteiger partial charge in [-0.2, -0.15) is 9.97 Å². The lowest BCUT2D eigenvalue weighted by atomic mass is 10.2. The number of hydrogen-bond donors (Lipinski definition) is 1. The van der Waals surface area contributed by atoms with Crippen LogP contribution in [0.3, 0.4) is 0 Å². The number of rotatable bonds is 7. The summed E-state index contributed by atoms with van der Waals surface area (Å²) in [5.41, 5.74) is 0.431. The molecule has 7 heteroatoms. The molecule has 1 aromatic heterocycles. The van der Waals surface area contributed by atoms with Gasteiger partial charge in [-0.15, -0.1) is 4.98 Å². The van der Waals surface area contributed by atoms with Crippen LogP contribution in [0.2, 0.25) is 0 Å². The van der Waals surface area contributed by atoms with Gasteiger partial charge in [0.15, 0.2) is 0 Å². The lowest BCUT2D eigenvalue weighted by Gasteiger charge is -2.09. The largest absolute Gasteiger partial charge is 0.467 e. The van der Waals surface area contributed by atoms with Crippen LogP contribution in [0.1, 0.15) is 18.9 Å². The molecule has 1 N–H and O–H groups in total. The zero-order valence-electron chi connectivity index (χ0n) is 12.0. The standard InChI is InChI=1S/C14H17FN4O2/c1-3-8-16-12-17-13(20-2)19-14(18-12)21-9-10-6-4-5-7-11(10)15/h4-7H,3,8-9H2,1-2H3,(H,16,17,18,19). The molecule has 1 aromatic carbocycles. The zero-order valence-corrected chi connectivity index (χ0v) is 12.0. The summed E-state index contributed by atoms with van der Waals surface area (Å²) in [7, 11) is 1.46. The van der Waals surface area contributed by atoms with Gasteiger partial charge in [0.05, 0.1) is 7.11 Å². The summed E-state index contributed by atoms with van der Waals surface area (Å²) in [4.78, 5) is 12.1. The molecule has 2 rings (SSSR count). The molecule has 0 atom stereocenters. The fourth-order valence-corrected chi connectivity index (χ4v) is 1.57. The fraction of sp³-hybridized carbons (Fsp3) is 0.357. The second kappa shape index (κ2) is 7.37. The van der Waals surface area contributed by atoms with Crippen molar-refractivity contribution in [3.63, 3.8) is 0 Å². The Bertz CT molecular complexity index is 595. The number of methoxy groups -OCH3 is 1. The van der Waals surface area contributed by atoms with Crippen LogP contribution in [0, 0.1) is 5.82 Å². The number of benzene rings is 1. The zero-order chi connectivity index (χ0) is 15.1. The molecular weight excluding hydrogens is 275 g/mol. The van der Waals surface area contributed by atoms with Gasteiger partial charge in [0.2, 0.25) is 5.95 Å². The molecule has 0 fully saturated rings. The van der Waals surface area contributed by atoms with Gasteiger partial charge in [0.1, 0.15) is 12.4 Å². The van der Waals surface area contributed by atoms with Crippen molar-refractivity contribution >= 4 is 5.95 Å². The maximum Gasteiger partial charge on any atom is 0.324 e. The molecular formula is C14H17FN4O2. The van der Waals surface area contributed by atoms with E-state index in [0.29, 0.717) is 11.5 Å². The van der Waals surface area contributed by atoms with Gasteiger partial charge < -0.3 is 14.8 Å². The molecule has 0 bridgehead atoms. The van der Waals surface area contributed by atoms with E-state index in [2.05, 4.69) is 20.3 Å². The van der Waals surface area contributed by atoms with E-state index in [-0.39, 0.29) is 24.4 Å². The van der Waals surface area contributed by atoms with Crippen molar-refractivity contribution < 1.29 is 13.9 Å². The third-order valence-electron chi connectivity index (χ3n) is 2.62. The smallest absolute Gasteiger partial charge is 0.324 e. The van der Waals surface area contributed by atoms with Gasteiger partial charge in [-0.05, 0) is 12.5 Å². The van der Waals surface area contributed by atoms with Gasteiger partial charge in [0.25, 0.3) is 0 Å². The third kappa shape index (κ3) is 4.27. The molecule has 21 heavy (non-hydrogen) atoms. The van der Waals surface area contributed by atoms with Crippen molar-refractivity contribution in [1.82, 2.24) is 15.0 Å². The van der Waals surface area contributed by atoms with Gasteiger partial charge >= 0.3 is 12.0 Å². The Morgan fingerprint density at radius 3 is 2.62 bits per heavy atom. The normalized spacial score (nSPS) is 10.2. The van der Waals surface area contributed by atoms with Crippen molar-refractivity contribution in [3.8, 4) is 12.0 Å². The van der Waals surface area contributed by atoms with E-state index in [1.54, 1.807) is 18.2 Å². The Kier molecular flexibility index (Phi) is 5.25. The maximum atomic E-state index is 13.5. The van der Waals surface area contributed by atoms with Crippen molar-refractivity contribution in [2.75, 3.05) is 19.0 Å². The van der Waals surface area contributed by atoms with E-state index >= 15 is 0 Å². The highest BCUT2D eigenvalue weighted by Crippen LogP contribution is 2.15. The Labute approximate surface area is 122 Å². The lowest BCUT2D eigenvalue weighted by molar-refractivity contribution is 0.266. The molecule has 0 saturated heterocycles. The SMILES string of the molecule is CCCNc1nc(OC)nc(OCc2ccccc2F)n1. The van der Waals surface area contributed by atoms with Crippen LogP contribution >= 0.6 is 0 Å². The summed E-state index contributed by atoms with van der Waals surface area (Å²) in [5.74, 6) is 0.0371. The second-order valence-corrected chi connectivity index (χ2v) is 4.24. The van der Waals surface area contributed by atoms with E-state index in [9.17, 15) is 4.39 Å². The molecule has 2 aromatic rings. The first kappa shape index (κ1) is 15.0. The number of nitrogens with zero attached hydrogens (tertiary/aromatic N) is 3. The summed E-state index contributed by atoms with van der Waals surface area (Å²) in [6.07, 6.45) is 0.930. The average Bonchev–Trinajstić information content (AvgIpc) is 2.52. The number of ether oxygens (including phenoxy) is 2. The summed E-state index contributed by atoms with van der Waals surface area (Å²) < 4.78 is 23.9. The first-order valence-electron chi connectivity index (χ1n) is 6.63. The molecule has 112 valence electrons. The molecule has 0 aliphatic rings. The predicted octanol–water partition coefficient (Wildman–Crippen LogP) is 2.42. The van der Waals surface area contributed by atoms with Crippen molar-refractivity contribution in [1.29, 1.82) is 0 Å². The fourth-order valence-electron chi connectivity index (χ4n) is 1.57. The summed E-state index contributed by atoms with van der Waals surface area (Å²) in [6.45, 7) is 2.79. The minimum Gasteiger partial charge on any atom is -0.467 e. The molecule has 0 spiro atoms. The Hall–Kier alpha value is -2.44. The van der Waals surface area contributed by atoms with Crippen molar-refractivity contribution in [2.24, 2.45) is 0 Å². The highest BCUT2D eigenvalue weighted by molar-refractivity contribution is 5.27. The van der Waals surface area contributed by atoms with Crippen LogP contribution in [0.4, 0.5) is 10.3 Å². The molecule has 1 heterocycles. The van der Waals surface area contributed by atoms with Gasteiger partial charge in [0, 0.05) is 12.1 Å². The van der Waals surface area contributed by atoms with Crippen molar-refractivity contribution in [2.45, 2.75) is 20.0 Å². The molecule has 0 radical (unpaired) electrons. The van der Waals surface area contributed by atoms with Crippen LogP contribution in [-0.4, -0.2) is 28.6 Å². The van der Waals surface area contributed by atoms with Crippen LogP contribution < -0.4 is 14.8 Å². The number of nitrogens with one attached hydrogen (secondary N) is 1. The highest BCUT2D eigenvalue weighted by Gasteiger charge is 2.09. The quantitative estimate of drug-likeness (QED) is 0.845. The predicted molar refractivity (Wildman–Crippen MR) is 75.9 cm³/mol. The molecule has 0 unspecified atom stereocenters. The Morgan fingerprint density at radius 2 is 1.90 bits per heavy atom. The highest BCUT2D eigenvalue weighted by atomic mass is 19.1. The molecule has 0 aliphatic carbocycles. The lowest BCUT2D eigenvalue weighted by Crippen LogP contribution is -2.09. The summed E-state index contributed by atoms with van der Waals surface area (Å²) in [6, 6.07) is 6.61. The number of hydrogen-bond acceptors (Lipinski definition) is 6. The van der Waals surface area contributed by atoms with Crippen LogP contribution in [-0.2, 0) is 6.61 Å². The van der Waals surface area contributed by atoms with Crippen LogP contribution in [0.25, 0.3) is 0 Å². The number of halogens is 1. The minimum atomic E-state index is -0.331. The monoisotopic (exact) mass is 292 g/mol. The van der Waals surface area contributed by atoms with E-state index in [4.69, 9.17) is 9.47 Å². The van der Waals surface area contributed by atoms with Gasteiger partial charge in [-0.3, -0.25) is 0 Å². The maximum absolute atomic E-state index is 13.5. The molecule has 6 nitrogen and oxygen atoms in total. The first-order valence-corrected chi connectivity index (χ1v) is 6.63. The second-order valence-electron chi connectivity index (χ2n) is 4.24. The summed E-state index contributed by atoms with van der Waals surface area (Å²) >= 11 is 0. The minimum absolute atomic E-state index is 0.0348. The van der Waals surface area contributed by atoms with Gasteiger partial charge in [-0.25, -0.2) is 4.39 Å². The number of anilines is 1. The van der Waals surface area contributed by atoms with E-state index < -0.39 is 0 Å². The van der Waals surface area contributed by atoms with Crippen molar-refractivity contribution in [3.05, 3.63) is 35.6 Å². The van der Waals surface area contributed by atoms with Crippen LogP contribution in [0.15, 0.2) is 24.3 Å². The third-order valence-corrected chi connectivity index (χ3v) is 2.62. The molecule has 0 saturated carbocycles. The topological polar surface area (TPSA) is 69.2 Å². The molecule has 0 aliphatic heterocycles. The van der Waals surface area contributed by atoms with Crippen LogP contribution in [0.5, 0.6) is 12.0 Å². The molecule has 0 amide bonds. The Morgan fingerprint density at radius 1 is 1.14 bits per heavy atom. The van der Waals surface area contributed by atoms with E-state index in [0.717, 1.165) is 13.0 Å². The van der Waals surface area contributed by atoms with Gasteiger partial charge in [-0.1, -0.05) is 25.1 Å². The average molecular weight is 292 g/mol. The Balaban J connectivity index is 2.09. The summed E-state index contributed by atoms with van der Waals surface area (Å²) in [5, 5.41) is 3.02. The first-order chi connectivity index (χ1) is 10.2. The van der Waals surface area contributed by atoms with E-state index in [1.165, 1.54) is 13.2 Å².